The van der Waals surface area contributed by atoms with E-state index in [1.54, 1.807) is 12.4 Å². The molecule has 3 aromatic heterocycles. The summed E-state index contributed by atoms with van der Waals surface area (Å²) in [4.78, 5) is 8.20. The molecule has 0 fully saturated rings. The summed E-state index contributed by atoms with van der Waals surface area (Å²) in [6.07, 6.45) is 5.49. The number of rotatable bonds is 3. The van der Waals surface area contributed by atoms with Gasteiger partial charge in [0.25, 0.3) is 0 Å². The number of pyridine rings is 1. The fraction of sp³-hybridized carbons (Fsp3) is 0.0833. The van der Waals surface area contributed by atoms with Crippen LogP contribution in [0.15, 0.2) is 42.2 Å². The maximum atomic E-state index is 5.61. The number of nitrogens with two attached hydrogens (primary N) is 1. The molecule has 3 aromatic rings. The van der Waals surface area contributed by atoms with Crippen molar-refractivity contribution in [1.82, 2.24) is 19.7 Å². The van der Waals surface area contributed by atoms with Crippen molar-refractivity contribution in [3.63, 3.8) is 0 Å². The van der Waals surface area contributed by atoms with Crippen LogP contribution in [0.1, 0.15) is 5.56 Å². The summed E-state index contributed by atoms with van der Waals surface area (Å²) < 4.78 is 1.88. The Balaban J connectivity index is 1.82. The second-order valence-electron chi connectivity index (χ2n) is 3.83. The Morgan fingerprint density at radius 1 is 1.17 bits per heavy atom. The molecule has 0 aliphatic rings. The Morgan fingerprint density at radius 3 is 2.72 bits per heavy atom. The van der Waals surface area contributed by atoms with Gasteiger partial charge in [-0.3, -0.25) is 9.67 Å². The predicted molar refractivity (Wildman–Crippen MR) is 71.1 cm³/mol. The van der Waals surface area contributed by atoms with Crippen molar-refractivity contribution in [3.8, 4) is 11.4 Å². The van der Waals surface area contributed by atoms with E-state index in [0.29, 0.717) is 5.13 Å². The summed E-state index contributed by atoms with van der Waals surface area (Å²) in [6.45, 7) is 0.724. The first kappa shape index (κ1) is 10.9. The molecule has 0 aromatic carbocycles. The van der Waals surface area contributed by atoms with Crippen molar-refractivity contribution < 1.29 is 0 Å². The highest BCUT2D eigenvalue weighted by molar-refractivity contribution is 7.13. The van der Waals surface area contributed by atoms with Crippen molar-refractivity contribution in [2.45, 2.75) is 6.54 Å². The topological polar surface area (TPSA) is 69.6 Å². The molecule has 90 valence electrons. The van der Waals surface area contributed by atoms with Gasteiger partial charge in [0.05, 0.1) is 6.54 Å². The first-order valence-corrected chi connectivity index (χ1v) is 6.33. The lowest BCUT2D eigenvalue weighted by atomic mass is 10.3. The van der Waals surface area contributed by atoms with Crippen LogP contribution in [0.2, 0.25) is 0 Å². The van der Waals surface area contributed by atoms with Crippen LogP contribution in [0.3, 0.4) is 0 Å². The maximum absolute atomic E-state index is 5.61. The number of hydrogen-bond donors (Lipinski definition) is 1. The number of anilines is 1. The minimum absolute atomic E-state index is 0.564. The van der Waals surface area contributed by atoms with Crippen LogP contribution in [-0.4, -0.2) is 19.7 Å². The highest BCUT2D eigenvalue weighted by Gasteiger charge is 2.06. The van der Waals surface area contributed by atoms with E-state index in [4.69, 9.17) is 5.73 Å². The van der Waals surface area contributed by atoms with E-state index in [1.165, 1.54) is 11.3 Å². The van der Waals surface area contributed by atoms with Gasteiger partial charge in [-0.25, -0.2) is 4.98 Å². The van der Waals surface area contributed by atoms with Gasteiger partial charge in [-0.05, 0) is 23.8 Å². The maximum Gasteiger partial charge on any atom is 0.180 e. The Labute approximate surface area is 108 Å². The lowest BCUT2D eigenvalue weighted by Gasteiger charge is -2.00. The van der Waals surface area contributed by atoms with E-state index < -0.39 is 0 Å². The second-order valence-corrected chi connectivity index (χ2v) is 4.71. The largest absolute Gasteiger partial charge is 0.375 e. The molecule has 0 bridgehead atoms. The molecule has 0 spiro atoms. The fourth-order valence-electron chi connectivity index (χ4n) is 1.67. The minimum atomic E-state index is 0.564. The Bertz CT molecular complexity index is 643. The second kappa shape index (κ2) is 4.58. The van der Waals surface area contributed by atoms with Gasteiger partial charge in [0.15, 0.2) is 5.13 Å². The van der Waals surface area contributed by atoms with Crippen LogP contribution < -0.4 is 5.73 Å². The van der Waals surface area contributed by atoms with Crippen molar-refractivity contribution in [2.24, 2.45) is 0 Å². The zero-order chi connectivity index (χ0) is 12.4. The minimum Gasteiger partial charge on any atom is -0.375 e. The van der Waals surface area contributed by atoms with Crippen LogP contribution >= 0.6 is 11.3 Å². The molecule has 0 atom stereocenters. The molecular weight excluding hydrogens is 246 g/mol. The Morgan fingerprint density at radius 2 is 2.00 bits per heavy atom. The molecule has 3 rings (SSSR count). The molecule has 0 saturated carbocycles. The third-order valence-electron chi connectivity index (χ3n) is 2.52. The number of aromatic nitrogens is 4. The summed E-state index contributed by atoms with van der Waals surface area (Å²) in [5, 5.41) is 6.95. The summed E-state index contributed by atoms with van der Waals surface area (Å²) in [5.74, 6) is 0. The van der Waals surface area contributed by atoms with Crippen LogP contribution in [0, 0.1) is 0 Å². The molecule has 0 saturated heterocycles. The molecule has 3 heterocycles. The Hall–Kier alpha value is -2.21. The summed E-state index contributed by atoms with van der Waals surface area (Å²) >= 11 is 1.42. The SMILES string of the molecule is Nc1nc(-c2ccn(Cc3ccncc3)n2)cs1. The first-order chi connectivity index (χ1) is 8.81. The summed E-state index contributed by atoms with van der Waals surface area (Å²) in [6, 6.07) is 5.89. The number of hydrogen-bond acceptors (Lipinski definition) is 5. The average Bonchev–Trinajstić information content (AvgIpc) is 2.99. The molecule has 2 N–H and O–H groups in total. The van der Waals surface area contributed by atoms with Crippen molar-refractivity contribution in [2.75, 3.05) is 5.73 Å². The molecule has 0 aliphatic heterocycles. The normalized spacial score (nSPS) is 10.7. The van der Waals surface area contributed by atoms with E-state index in [-0.39, 0.29) is 0 Å². The van der Waals surface area contributed by atoms with Crippen molar-refractivity contribution in [1.29, 1.82) is 0 Å². The van der Waals surface area contributed by atoms with E-state index in [0.717, 1.165) is 23.5 Å². The third-order valence-corrected chi connectivity index (χ3v) is 3.19. The van der Waals surface area contributed by atoms with Gasteiger partial charge < -0.3 is 5.73 Å². The molecule has 0 aliphatic carbocycles. The molecule has 0 radical (unpaired) electrons. The standard InChI is InChI=1S/C12H11N5S/c13-12-15-11(8-18-12)10-3-6-17(16-10)7-9-1-4-14-5-2-9/h1-6,8H,7H2,(H2,13,15). The lowest BCUT2D eigenvalue weighted by molar-refractivity contribution is 0.688. The van der Waals surface area contributed by atoms with Gasteiger partial charge in [0, 0.05) is 24.0 Å². The van der Waals surface area contributed by atoms with Gasteiger partial charge >= 0.3 is 0 Å². The van der Waals surface area contributed by atoms with Crippen molar-refractivity contribution in [3.05, 3.63) is 47.7 Å². The molecule has 5 nitrogen and oxygen atoms in total. The van der Waals surface area contributed by atoms with Crippen LogP contribution in [0.5, 0.6) is 0 Å². The predicted octanol–water partition coefficient (Wildman–Crippen LogP) is 2.03. The van der Waals surface area contributed by atoms with Crippen LogP contribution in [0.25, 0.3) is 11.4 Å². The average molecular weight is 257 g/mol. The highest BCUT2D eigenvalue weighted by Crippen LogP contribution is 2.21. The van der Waals surface area contributed by atoms with E-state index in [1.807, 2.05) is 34.5 Å². The molecule has 6 heteroatoms. The molecule has 0 unspecified atom stereocenters. The summed E-state index contributed by atoms with van der Waals surface area (Å²) in [7, 11) is 0. The molecular formula is C12H11N5S. The zero-order valence-electron chi connectivity index (χ0n) is 9.52. The van der Waals surface area contributed by atoms with Gasteiger partial charge in [0.2, 0.25) is 0 Å². The third kappa shape index (κ3) is 2.23. The van der Waals surface area contributed by atoms with Crippen LogP contribution in [0.4, 0.5) is 5.13 Å². The van der Waals surface area contributed by atoms with Gasteiger partial charge in [-0.1, -0.05) is 0 Å². The van der Waals surface area contributed by atoms with Gasteiger partial charge in [-0.15, -0.1) is 11.3 Å². The molecule has 0 amide bonds. The van der Waals surface area contributed by atoms with Gasteiger partial charge in [-0.2, -0.15) is 5.10 Å². The Kier molecular flexibility index (Phi) is 2.77. The summed E-state index contributed by atoms with van der Waals surface area (Å²) in [5.41, 5.74) is 8.45. The number of thiazole rings is 1. The van der Waals surface area contributed by atoms with Crippen LogP contribution in [-0.2, 0) is 6.54 Å². The van der Waals surface area contributed by atoms with E-state index >= 15 is 0 Å². The highest BCUT2D eigenvalue weighted by atomic mass is 32.1. The lowest BCUT2D eigenvalue weighted by Crippen LogP contribution is -2.00. The number of nitrogens with zero attached hydrogens (tertiary/aromatic N) is 4. The fourth-order valence-corrected chi connectivity index (χ4v) is 2.22. The first-order valence-electron chi connectivity index (χ1n) is 5.45. The zero-order valence-corrected chi connectivity index (χ0v) is 10.3. The monoisotopic (exact) mass is 257 g/mol. The smallest absolute Gasteiger partial charge is 0.180 e. The number of nitrogen functional groups attached to an aromatic ring is 1. The molecule has 18 heavy (non-hydrogen) atoms. The van der Waals surface area contributed by atoms with Gasteiger partial charge in [0.1, 0.15) is 11.4 Å². The van der Waals surface area contributed by atoms with E-state index in [9.17, 15) is 0 Å². The van der Waals surface area contributed by atoms with Crippen molar-refractivity contribution >= 4 is 16.5 Å². The quantitative estimate of drug-likeness (QED) is 0.779. The van der Waals surface area contributed by atoms with E-state index in [2.05, 4.69) is 15.1 Å².